The molecule has 0 aliphatic rings. The molecule has 30 heavy (non-hydrogen) atoms. The average molecular weight is 421 g/mol. The van der Waals surface area contributed by atoms with Crippen molar-refractivity contribution in [2.24, 2.45) is 5.10 Å². The van der Waals surface area contributed by atoms with E-state index in [-0.39, 0.29) is 0 Å². The molecule has 2 aromatic carbocycles. The summed E-state index contributed by atoms with van der Waals surface area (Å²) in [6.45, 7) is 1.76. The number of fused-ring (bicyclic) bond motifs is 1. The third kappa shape index (κ3) is 3.90. The molecule has 0 radical (unpaired) electrons. The first kappa shape index (κ1) is 19.7. The van der Waals surface area contributed by atoms with Crippen molar-refractivity contribution >= 4 is 33.4 Å². The zero-order chi connectivity index (χ0) is 21.1. The van der Waals surface area contributed by atoms with Crippen molar-refractivity contribution in [2.75, 3.05) is 19.6 Å². The highest BCUT2D eigenvalue weighted by Crippen LogP contribution is 2.25. The summed E-state index contributed by atoms with van der Waals surface area (Å²) >= 11 is 1.19. The number of aryl methyl sites for hydroxylation is 1. The summed E-state index contributed by atoms with van der Waals surface area (Å²) < 4.78 is 16.1. The van der Waals surface area contributed by atoms with E-state index in [1.165, 1.54) is 18.4 Å². The molecule has 0 aliphatic heterocycles. The maximum atomic E-state index is 11.8. The molecule has 4 aromatic rings. The van der Waals surface area contributed by atoms with Gasteiger partial charge in [-0.3, -0.25) is 5.43 Å². The Morgan fingerprint density at radius 1 is 1.13 bits per heavy atom. The maximum Gasteiger partial charge on any atom is 0.350 e. The fraction of sp³-hybridized carbons (Fsp3) is 0.136. The number of aromatic nitrogens is 1. The predicted octanol–water partition coefficient (Wildman–Crippen LogP) is 4.59. The molecule has 2 aromatic heterocycles. The van der Waals surface area contributed by atoms with Gasteiger partial charge in [-0.25, -0.2) is 9.78 Å². The molecule has 2 heterocycles. The Morgan fingerprint density at radius 3 is 2.63 bits per heavy atom. The second-order valence-corrected chi connectivity index (χ2v) is 7.37. The molecule has 0 bridgehead atoms. The molecule has 4 rings (SSSR count). The van der Waals surface area contributed by atoms with E-state index in [0.29, 0.717) is 32.4 Å². The number of esters is 1. The van der Waals surface area contributed by atoms with Crippen LogP contribution >= 0.6 is 11.3 Å². The van der Waals surface area contributed by atoms with Crippen molar-refractivity contribution < 1.29 is 18.7 Å². The minimum Gasteiger partial charge on any atom is -0.497 e. The van der Waals surface area contributed by atoms with E-state index in [4.69, 9.17) is 13.9 Å². The monoisotopic (exact) mass is 421 g/mol. The first-order chi connectivity index (χ1) is 14.6. The molecule has 0 aliphatic carbocycles. The van der Waals surface area contributed by atoms with E-state index in [1.807, 2.05) is 54.6 Å². The molecule has 7 nitrogen and oxygen atoms in total. The van der Waals surface area contributed by atoms with Crippen LogP contribution in [0.3, 0.4) is 0 Å². The van der Waals surface area contributed by atoms with Crippen molar-refractivity contribution in [2.45, 2.75) is 6.92 Å². The van der Waals surface area contributed by atoms with Crippen molar-refractivity contribution in [3.8, 4) is 17.1 Å². The summed E-state index contributed by atoms with van der Waals surface area (Å²) in [5, 5.41) is 6.57. The van der Waals surface area contributed by atoms with E-state index < -0.39 is 5.97 Å². The Bertz CT molecular complexity index is 1280. The number of anilines is 1. The molecule has 0 amide bonds. The van der Waals surface area contributed by atoms with Gasteiger partial charge in [-0.15, -0.1) is 0 Å². The lowest BCUT2D eigenvalue weighted by Gasteiger charge is -2.06. The Labute approximate surface area is 176 Å². The van der Waals surface area contributed by atoms with Crippen LogP contribution in [-0.4, -0.2) is 25.2 Å². The van der Waals surface area contributed by atoms with Crippen LogP contribution in [0, 0.1) is 6.92 Å². The van der Waals surface area contributed by atoms with Gasteiger partial charge in [-0.05, 0) is 43.3 Å². The number of ether oxygens (including phenoxy) is 2. The second kappa shape index (κ2) is 8.38. The van der Waals surface area contributed by atoms with Gasteiger partial charge in [0.25, 0.3) is 0 Å². The molecule has 0 atom stereocenters. The summed E-state index contributed by atoms with van der Waals surface area (Å²) in [5.41, 5.74) is 5.15. The van der Waals surface area contributed by atoms with E-state index in [0.717, 1.165) is 16.7 Å². The topological polar surface area (TPSA) is 86.0 Å². The van der Waals surface area contributed by atoms with Crippen molar-refractivity contribution in [1.82, 2.24) is 4.98 Å². The summed E-state index contributed by atoms with van der Waals surface area (Å²) in [6.07, 6.45) is 0. The number of carbonyl (C=O) groups excluding carboxylic acids is 1. The number of nitrogens with zero attached hydrogens (tertiary/aromatic N) is 2. The highest BCUT2D eigenvalue weighted by atomic mass is 32.1. The van der Waals surface area contributed by atoms with Crippen LogP contribution in [0.4, 0.5) is 5.13 Å². The van der Waals surface area contributed by atoms with Gasteiger partial charge in [0.05, 0.1) is 25.3 Å². The zero-order valence-corrected chi connectivity index (χ0v) is 17.4. The highest BCUT2D eigenvalue weighted by molar-refractivity contribution is 7.17. The van der Waals surface area contributed by atoms with Crippen LogP contribution in [0.25, 0.3) is 22.3 Å². The van der Waals surface area contributed by atoms with Crippen LogP contribution in [-0.2, 0) is 4.74 Å². The van der Waals surface area contributed by atoms with Gasteiger partial charge in [-0.1, -0.05) is 23.5 Å². The smallest absolute Gasteiger partial charge is 0.350 e. The lowest BCUT2D eigenvalue weighted by Crippen LogP contribution is -2.07. The third-order valence-corrected chi connectivity index (χ3v) is 5.51. The minimum absolute atomic E-state index is 0.413. The molecule has 0 unspecified atom stereocenters. The first-order valence-corrected chi connectivity index (χ1v) is 9.93. The van der Waals surface area contributed by atoms with Crippen LogP contribution in [0.1, 0.15) is 15.4 Å². The van der Waals surface area contributed by atoms with Gasteiger partial charge in [0.2, 0.25) is 5.13 Å². The van der Waals surface area contributed by atoms with Gasteiger partial charge in [0, 0.05) is 17.0 Å². The fourth-order valence-electron chi connectivity index (χ4n) is 2.94. The molecule has 1 N–H and O–H groups in total. The number of nitrogens with one attached hydrogen (secondary N) is 1. The normalized spacial score (nSPS) is 11.5. The summed E-state index contributed by atoms with van der Waals surface area (Å²) in [7, 11) is 2.98. The lowest BCUT2D eigenvalue weighted by atomic mass is 10.1. The molecule has 0 fully saturated rings. The molecule has 8 heteroatoms. The van der Waals surface area contributed by atoms with E-state index in [1.54, 1.807) is 14.0 Å². The van der Waals surface area contributed by atoms with Gasteiger partial charge in [-0.2, -0.15) is 5.10 Å². The summed E-state index contributed by atoms with van der Waals surface area (Å²) in [4.78, 5) is 16.6. The number of para-hydroxylation sites is 1. The highest BCUT2D eigenvalue weighted by Gasteiger charge is 2.15. The second-order valence-electron chi connectivity index (χ2n) is 6.37. The number of carbonyl (C=O) groups is 1. The van der Waals surface area contributed by atoms with Crippen LogP contribution in [0.15, 0.2) is 64.1 Å². The largest absolute Gasteiger partial charge is 0.497 e. The van der Waals surface area contributed by atoms with Gasteiger partial charge >= 0.3 is 5.97 Å². The van der Waals surface area contributed by atoms with Crippen molar-refractivity contribution in [1.29, 1.82) is 0 Å². The number of hydrogen-bond acceptors (Lipinski definition) is 8. The van der Waals surface area contributed by atoms with Crippen LogP contribution < -0.4 is 15.5 Å². The maximum absolute atomic E-state index is 11.8. The minimum atomic E-state index is -0.413. The molecule has 152 valence electrons. The Morgan fingerprint density at radius 2 is 1.90 bits per heavy atom. The van der Waals surface area contributed by atoms with Crippen molar-refractivity contribution in [3.63, 3.8) is 0 Å². The van der Waals surface area contributed by atoms with Crippen molar-refractivity contribution in [3.05, 3.63) is 70.5 Å². The number of methoxy groups -OCH3 is 2. The molecule has 0 saturated heterocycles. The van der Waals surface area contributed by atoms with E-state index >= 15 is 0 Å². The average Bonchev–Trinajstić information content (AvgIpc) is 3.17. The SMILES string of the molecule is COC(=O)c1sc(NN=c2cc(-c3ccc(OC)cc3)oc3ccccc23)nc1C. The van der Waals surface area contributed by atoms with Gasteiger partial charge in [0.15, 0.2) is 0 Å². The summed E-state index contributed by atoms with van der Waals surface area (Å²) in [6, 6.07) is 17.1. The number of benzene rings is 2. The standard InChI is InChI=1S/C22H19N3O4S/c1-13-20(21(26)28-3)30-22(23-13)25-24-17-12-19(14-8-10-15(27-2)11-9-14)29-18-7-5-4-6-16(17)18/h4-12H,1-3H3,(H,23,25). The number of rotatable bonds is 5. The summed E-state index contributed by atoms with van der Waals surface area (Å²) in [5.74, 6) is 1.03. The van der Waals surface area contributed by atoms with Gasteiger partial charge in [0.1, 0.15) is 22.0 Å². The number of hydrogen-bond donors (Lipinski definition) is 1. The Balaban J connectivity index is 1.76. The quantitative estimate of drug-likeness (QED) is 0.375. The van der Waals surface area contributed by atoms with Gasteiger partial charge < -0.3 is 13.9 Å². The Hall–Kier alpha value is -3.65. The molecular formula is C22H19N3O4S. The van der Waals surface area contributed by atoms with E-state index in [2.05, 4.69) is 15.5 Å². The lowest BCUT2D eigenvalue weighted by molar-refractivity contribution is 0.0605. The zero-order valence-electron chi connectivity index (χ0n) is 16.6. The Kier molecular flexibility index (Phi) is 5.49. The third-order valence-electron chi connectivity index (χ3n) is 4.46. The molecular weight excluding hydrogens is 402 g/mol. The van der Waals surface area contributed by atoms with Crippen LogP contribution in [0.5, 0.6) is 5.75 Å². The molecule has 0 spiro atoms. The molecule has 0 saturated carbocycles. The fourth-order valence-corrected chi connectivity index (χ4v) is 3.77. The predicted molar refractivity (Wildman–Crippen MR) is 116 cm³/mol. The van der Waals surface area contributed by atoms with E-state index in [9.17, 15) is 4.79 Å². The number of thiazole rings is 1. The van der Waals surface area contributed by atoms with Crippen LogP contribution in [0.2, 0.25) is 0 Å². The first-order valence-electron chi connectivity index (χ1n) is 9.12.